The Morgan fingerprint density at radius 1 is 0.875 bits per heavy atom. The first kappa shape index (κ1) is 16.0. The molecule has 0 radical (unpaired) electrons. The van der Waals surface area contributed by atoms with Crippen LogP contribution in [0.4, 0.5) is 4.79 Å². The lowest BCUT2D eigenvalue weighted by Crippen LogP contribution is -2.37. The number of carbonyl (C=O) groups is 1. The second kappa shape index (κ2) is 7.62. The first-order chi connectivity index (χ1) is 11.7. The molecular formula is C20H20N2O2. The van der Waals surface area contributed by atoms with E-state index in [4.69, 9.17) is 0 Å². The van der Waals surface area contributed by atoms with Crippen LogP contribution in [0, 0.1) is 0 Å². The monoisotopic (exact) mass is 320 g/mol. The maximum absolute atomic E-state index is 11.9. The molecule has 3 aromatic carbocycles. The number of aliphatic hydroxyl groups is 1. The maximum atomic E-state index is 11.9. The predicted molar refractivity (Wildman–Crippen MR) is 95.6 cm³/mol. The zero-order valence-electron chi connectivity index (χ0n) is 13.3. The van der Waals surface area contributed by atoms with E-state index in [0.29, 0.717) is 6.54 Å². The maximum Gasteiger partial charge on any atom is 0.315 e. The number of rotatable bonds is 5. The van der Waals surface area contributed by atoms with Gasteiger partial charge in [0.1, 0.15) is 0 Å². The van der Waals surface area contributed by atoms with E-state index in [1.165, 1.54) is 0 Å². The first-order valence-electron chi connectivity index (χ1n) is 7.95. The minimum atomic E-state index is -0.751. The van der Waals surface area contributed by atoms with Crippen LogP contribution in [0.5, 0.6) is 0 Å². The van der Waals surface area contributed by atoms with Crippen molar-refractivity contribution in [1.29, 1.82) is 0 Å². The van der Waals surface area contributed by atoms with Crippen LogP contribution >= 0.6 is 0 Å². The van der Waals surface area contributed by atoms with Gasteiger partial charge in [-0.2, -0.15) is 0 Å². The second-order valence-electron chi connectivity index (χ2n) is 5.63. The molecule has 122 valence electrons. The van der Waals surface area contributed by atoms with Crippen LogP contribution in [0.2, 0.25) is 0 Å². The van der Waals surface area contributed by atoms with Crippen molar-refractivity contribution in [3.63, 3.8) is 0 Å². The van der Waals surface area contributed by atoms with E-state index in [1.807, 2.05) is 72.8 Å². The molecule has 0 saturated heterocycles. The molecule has 1 unspecified atom stereocenters. The Morgan fingerprint density at radius 2 is 1.58 bits per heavy atom. The number of fused-ring (bicyclic) bond motifs is 1. The van der Waals surface area contributed by atoms with Crippen LogP contribution in [0.25, 0.3) is 10.8 Å². The van der Waals surface area contributed by atoms with E-state index < -0.39 is 6.10 Å². The van der Waals surface area contributed by atoms with E-state index in [-0.39, 0.29) is 12.6 Å². The highest BCUT2D eigenvalue weighted by molar-refractivity contribution is 5.86. The third-order valence-electron chi connectivity index (χ3n) is 3.93. The Hall–Kier alpha value is -2.85. The van der Waals surface area contributed by atoms with Crippen LogP contribution in [0.15, 0.2) is 72.8 Å². The smallest absolute Gasteiger partial charge is 0.315 e. The fraction of sp³-hybridized carbons (Fsp3) is 0.150. The lowest BCUT2D eigenvalue weighted by Gasteiger charge is -2.15. The summed E-state index contributed by atoms with van der Waals surface area (Å²) in [6.07, 6.45) is -0.751. The average molecular weight is 320 g/mol. The Kier molecular flexibility index (Phi) is 5.08. The Morgan fingerprint density at radius 3 is 2.42 bits per heavy atom. The molecule has 3 N–H and O–H groups in total. The van der Waals surface area contributed by atoms with Crippen molar-refractivity contribution < 1.29 is 9.90 Å². The van der Waals surface area contributed by atoms with Crippen molar-refractivity contribution in [3.8, 4) is 0 Å². The van der Waals surface area contributed by atoms with E-state index >= 15 is 0 Å². The summed E-state index contributed by atoms with van der Waals surface area (Å²) in [5.74, 6) is 0. The largest absolute Gasteiger partial charge is 0.387 e. The molecule has 24 heavy (non-hydrogen) atoms. The van der Waals surface area contributed by atoms with Crippen molar-refractivity contribution in [2.45, 2.75) is 12.6 Å². The van der Waals surface area contributed by atoms with Gasteiger partial charge in [0.2, 0.25) is 0 Å². The fourth-order valence-electron chi connectivity index (χ4n) is 2.68. The quantitative estimate of drug-likeness (QED) is 0.675. The van der Waals surface area contributed by atoms with E-state index in [2.05, 4.69) is 10.6 Å². The molecule has 4 heteroatoms. The van der Waals surface area contributed by atoms with Gasteiger partial charge in [-0.15, -0.1) is 0 Å². The van der Waals surface area contributed by atoms with Gasteiger partial charge in [-0.1, -0.05) is 72.8 Å². The van der Waals surface area contributed by atoms with Gasteiger partial charge in [0, 0.05) is 13.1 Å². The highest BCUT2D eigenvalue weighted by Gasteiger charge is 2.12. The summed E-state index contributed by atoms with van der Waals surface area (Å²) in [4.78, 5) is 11.9. The van der Waals surface area contributed by atoms with Crippen LogP contribution in [-0.2, 0) is 6.54 Å². The molecule has 0 saturated carbocycles. The van der Waals surface area contributed by atoms with E-state index in [1.54, 1.807) is 0 Å². The van der Waals surface area contributed by atoms with Gasteiger partial charge in [0.25, 0.3) is 0 Å². The Balaban J connectivity index is 1.56. The Labute approximate surface area is 141 Å². The number of benzene rings is 3. The fourth-order valence-corrected chi connectivity index (χ4v) is 2.68. The lowest BCUT2D eigenvalue weighted by molar-refractivity contribution is 0.174. The molecule has 0 spiro atoms. The predicted octanol–water partition coefficient (Wildman–Crippen LogP) is 3.37. The van der Waals surface area contributed by atoms with Crippen molar-refractivity contribution >= 4 is 16.8 Å². The highest BCUT2D eigenvalue weighted by atomic mass is 16.3. The van der Waals surface area contributed by atoms with E-state index in [9.17, 15) is 9.90 Å². The number of carbonyl (C=O) groups excluding carboxylic acids is 1. The summed E-state index contributed by atoms with van der Waals surface area (Å²) in [5.41, 5.74) is 1.85. The van der Waals surface area contributed by atoms with Gasteiger partial charge in [0.05, 0.1) is 6.10 Å². The number of amides is 2. The molecule has 0 aliphatic rings. The van der Waals surface area contributed by atoms with Gasteiger partial charge >= 0.3 is 6.03 Å². The molecule has 0 aliphatic carbocycles. The summed E-state index contributed by atoms with van der Waals surface area (Å²) >= 11 is 0. The van der Waals surface area contributed by atoms with Crippen LogP contribution in [0.3, 0.4) is 0 Å². The number of hydrogen-bond donors (Lipinski definition) is 3. The zero-order chi connectivity index (χ0) is 16.8. The summed E-state index contributed by atoms with van der Waals surface area (Å²) in [6, 6.07) is 23.1. The molecule has 0 bridgehead atoms. The molecule has 1 atom stereocenters. The number of urea groups is 1. The van der Waals surface area contributed by atoms with Gasteiger partial charge in [-0.3, -0.25) is 0 Å². The van der Waals surface area contributed by atoms with E-state index in [0.717, 1.165) is 21.9 Å². The van der Waals surface area contributed by atoms with Gasteiger partial charge < -0.3 is 15.7 Å². The number of aliphatic hydroxyl groups excluding tert-OH is 1. The minimum Gasteiger partial charge on any atom is -0.387 e. The van der Waals surface area contributed by atoms with Crippen LogP contribution in [0.1, 0.15) is 17.2 Å². The molecule has 0 heterocycles. The molecule has 4 nitrogen and oxygen atoms in total. The summed E-state index contributed by atoms with van der Waals surface area (Å²) in [7, 11) is 0. The third-order valence-corrected chi connectivity index (χ3v) is 3.93. The molecule has 3 rings (SSSR count). The topological polar surface area (TPSA) is 61.4 Å². The van der Waals surface area contributed by atoms with Crippen molar-refractivity contribution in [2.24, 2.45) is 0 Å². The van der Waals surface area contributed by atoms with Crippen LogP contribution < -0.4 is 10.6 Å². The summed E-state index contributed by atoms with van der Waals surface area (Å²) in [6.45, 7) is 0.617. The second-order valence-corrected chi connectivity index (χ2v) is 5.63. The van der Waals surface area contributed by atoms with Crippen molar-refractivity contribution in [2.75, 3.05) is 6.54 Å². The van der Waals surface area contributed by atoms with Gasteiger partial charge in [-0.05, 0) is 21.9 Å². The molecule has 0 aliphatic heterocycles. The molecular weight excluding hydrogens is 300 g/mol. The van der Waals surface area contributed by atoms with Gasteiger partial charge in [-0.25, -0.2) is 4.79 Å². The number of hydrogen-bond acceptors (Lipinski definition) is 2. The van der Waals surface area contributed by atoms with Crippen molar-refractivity contribution in [3.05, 3.63) is 83.9 Å². The van der Waals surface area contributed by atoms with Crippen molar-refractivity contribution in [1.82, 2.24) is 10.6 Å². The minimum absolute atomic E-state index is 0.161. The van der Waals surface area contributed by atoms with Gasteiger partial charge in [0.15, 0.2) is 0 Å². The lowest BCUT2D eigenvalue weighted by atomic mass is 10.0. The number of nitrogens with one attached hydrogen (secondary N) is 2. The standard InChI is InChI=1S/C20H20N2O2/c23-19(18-12-6-10-16-9-4-5-11-17(16)18)14-22-20(24)21-13-15-7-2-1-3-8-15/h1-12,19,23H,13-14H2,(H2,21,22,24). The average Bonchev–Trinajstić information content (AvgIpc) is 2.64. The summed E-state index contributed by atoms with van der Waals surface area (Å²) in [5, 5.41) is 18.0. The molecule has 3 aromatic rings. The SMILES string of the molecule is O=C(NCc1ccccc1)NCC(O)c1cccc2ccccc12. The third kappa shape index (κ3) is 3.91. The molecule has 2 amide bonds. The van der Waals surface area contributed by atoms with Crippen LogP contribution in [-0.4, -0.2) is 17.7 Å². The Bertz CT molecular complexity index is 813. The highest BCUT2D eigenvalue weighted by Crippen LogP contribution is 2.23. The first-order valence-corrected chi connectivity index (χ1v) is 7.95. The molecule has 0 aromatic heterocycles. The zero-order valence-corrected chi connectivity index (χ0v) is 13.3. The molecule has 0 fully saturated rings. The summed E-state index contributed by atoms with van der Waals surface area (Å²) < 4.78 is 0. The normalized spacial score (nSPS) is 11.9.